The van der Waals surface area contributed by atoms with Crippen molar-refractivity contribution in [2.75, 3.05) is 19.3 Å². The Bertz CT molecular complexity index is 1510. The first kappa shape index (κ1) is 24.0. The van der Waals surface area contributed by atoms with Crippen LogP contribution in [0.5, 0.6) is 0 Å². The van der Waals surface area contributed by atoms with Crippen LogP contribution < -0.4 is 5.56 Å². The fourth-order valence-electron chi connectivity index (χ4n) is 4.41. The van der Waals surface area contributed by atoms with Crippen LogP contribution in [0, 0.1) is 5.82 Å². The number of halogens is 1. The number of carbonyl (C=O) groups excluding carboxylic acids is 1. The highest BCUT2D eigenvalue weighted by Gasteiger charge is 2.35. The third-order valence-corrected chi connectivity index (χ3v) is 7.44. The molecule has 9 nitrogen and oxygen atoms in total. The summed E-state index contributed by atoms with van der Waals surface area (Å²) in [6.07, 6.45) is 5.01. The van der Waals surface area contributed by atoms with Crippen LogP contribution in [0.1, 0.15) is 23.2 Å². The zero-order valence-corrected chi connectivity index (χ0v) is 20.3. The maximum Gasteiger partial charge on any atom is 0.264 e. The lowest BCUT2D eigenvalue weighted by Crippen LogP contribution is -2.49. The number of rotatable bonds is 5. The van der Waals surface area contributed by atoms with Crippen molar-refractivity contribution in [3.8, 4) is 5.69 Å². The predicted octanol–water partition coefficient (Wildman–Crippen LogP) is 2.13. The Morgan fingerprint density at radius 2 is 1.78 bits per heavy atom. The number of aromatic nitrogens is 4. The lowest BCUT2D eigenvalue weighted by atomic mass is 9.91. The van der Waals surface area contributed by atoms with Gasteiger partial charge in [0.1, 0.15) is 17.5 Å². The molecule has 11 heteroatoms. The number of carbonyl (C=O) groups is 1. The number of hydrogen-bond donors (Lipinski definition) is 1. The van der Waals surface area contributed by atoms with E-state index in [0.29, 0.717) is 40.3 Å². The summed E-state index contributed by atoms with van der Waals surface area (Å²) >= 11 is 0. The molecule has 0 radical (unpaired) electrons. The number of hydrogen-bond acceptors (Lipinski definition) is 6. The van der Waals surface area contributed by atoms with Gasteiger partial charge in [-0.3, -0.25) is 18.4 Å². The largest absolute Gasteiger partial charge is 0.388 e. The van der Waals surface area contributed by atoms with E-state index < -0.39 is 22.2 Å². The first-order valence-electron chi connectivity index (χ1n) is 11.4. The molecule has 1 saturated heterocycles. The number of amides is 1. The monoisotopic (exact) mass is 509 g/mol. The van der Waals surface area contributed by atoms with Crippen LogP contribution in [0.3, 0.4) is 0 Å². The molecule has 186 valence electrons. The van der Waals surface area contributed by atoms with Gasteiger partial charge in [0, 0.05) is 40.6 Å². The summed E-state index contributed by atoms with van der Waals surface area (Å²) in [5.74, 6) is -0.629. The molecular weight excluding hydrogens is 485 g/mol. The van der Waals surface area contributed by atoms with Gasteiger partial charge in [-0.1, -0.05) is 0 Å². The Morgan fingerprint density at radius 1 is 1.11 bits per heavy atom. The minimum absolute atomic E-state index is 0.0372. The maximum atomic E-state index is 13.2. The quantitative estimate of drug-likeness (QED) is 0.441. The molecule has 0 unspecified atom stereocenters. The van der Waals surface area contributed by atoms with Crippen LogP contribution >= 0.6 is 0 Å². The molecule has 4 aromatic rings. The second-order valence-corrected chi connectivity index (χ2v) is 10.3. The molecule has 0 aliphatic carbocycles. The van der Waals surface area contributed by atoms with Crippen molar-refractivity contribution in [2.24, 2.45) is 0 Å². The summed E-state index contributed by atoms with van der Waals surface area (Å²) in [5, 5.41) is 15.8. The van der Waals surface area contributed by atoms with Gasteiger partial charge in [0.05, 0.1) is 24.0 Å². The van der Waals surface area contributed by atoms with E-state index in [4.69, 9.17) is 0 Å². The topological polar surface area (TPSA) is 110 Å². The zero-order chi connectivity index (χ0) is 25.4. The molecule has 1 fully saturated rings. The van der Waals surface area contributed by atoms with Crippen molar-refractivity contribution in [3.63, 3.8) is 0 Å². The van der Waals surface area contributed by atoms with E-state index in [1.807, 2.05) is 0 Å². The van der Waals surface area contributed by atoms with Crippen molar-refractivity contribution < 1.29 is 18.5 Å². The summed E-state index contributed by atoms with van der Waals surface area (Å²) in [5.41, 5.74) is -0.0486. The third kappa shape index (κ3) is 4.59. The SMILES string of the molecule is C[S@@](=O)c1ccc(-n2ncc3c(=O)n(CC4(O)CCN(C(=O)c5ccc(F)cc5)CC4)cnc32)cc1. The van der Waals surface area contributed by atoms with Crippen LogP contribution in [0.4, 0.5) is 4.39 Å². The van der Waals surface area contributed by atoms with E-state index >= 15 is 0 Å². The van der Waals surface area contributed by atoms with E-state index in [2.05, 4.69) is 10.1 Å². The van der Waals surface area contributed by atoms with Crippen LogP contribution in [0.25, 0.3) is 16.7 Å². The molecule has 2 aromatic carbocycles. The molecule has 5 rings (SSSR count). The number of piperidine rings is 1. The smallest absolute Gasteiger partial charge is 0.264 e. The predicted molar refractivity (Wildman–Crippen MR) is 132 cm³/mol. The lowest BCUT2D eigenvalue weighted by molar-refractivity contribution is -0.0299. The number of benzene rings is 2. The average Bonchev–Trinajstić information content (AvgIpc) is 3.31. The molecule has 36 heavy (non-hydrogen) atoms. The Hall–Kier alpha value is -3.70. The van der Waals surface area contributed by atoms with E-state index in [1.165, 1.54) is 46.0 Å². The molecule has 2 aromatic heterocycles. The van der Waals surface area contributed by atoms with Gasteiger partial charge in [0.15, 0.2) is 5.65 Å². The number of fused-ring (bicyclic) bond motifs is 1. The van der Waals surface area contributed by atoms with E-state index in [-0.39, 0.29) is 30.9 Å². The van der Waals surface area contributed by atoms with Crippen molar-refractivity contribution in [1.29, 1.82) is 0 Å². The summed E-state index contributed by atoms with van der Waals surface area (Å²) < 4.78 is 27.7. The van der Waals surface area contributed by atoms with Gasteiger partial charge in [0.2, 0.25) is 0 Å². The van der Waals surface area contributed by atoms with Crippen LogP contribution in [-0.2, 0) is 17.3 Å². The molecule has 0 bridgehead atoms. The molecule has 1 aliphatic heterocycles. The molecule has 0 spiro atoms. The van der Waals surface area contributed by atoms with E-state index in [0.717, 1.165) is 0 Å². The second kappa shape index (κ2) is 9.40. The van der Waals surface area contributed by atoms with Gasteiger partial charge in [-0.05, 0) is 61.4 Å². The van der Waals surface area contributed by atoms with Crippen LogP contribution in [0.2, 0.25) is 0 Å². The molecule has 0 saturated carbocycles. The highest BCUT2D eigenvalue weighted by molar-refractivity contribution is 7.84. The van der Waals surface area contributed by atoms with E-state index in [9.17, 15) is 23.3 Å². The molecule has 1 aliphatic rings. The number of nitrogens with zero attached hydrogens (tertiary/aromatic N) is 5. The zero-order valence-electron chi connectivity index (χ0n) is 19.5. The highest BCUT2D eigenvalue weighted by atomic mass is 32.2. The molecule has 1 amide bonds. The molecule has 3 heterocycles. The fourth-order valence-corrected chi connectivity index (χ4v) is 4.92. The van der Waals surface area contributed by atoms with Gasteiger partial charge in [-0.25, -0.2) is 14.1 Å². The fraction of sp³-hybridized carbons (Fsp3) is 0.280. The Balaban J connectivity index is 1.31. The Morgan fingerprint density at radius 3 is 2.42 bits per heavy atom. The van der Waals surface area contributed by atoms with Gasteiger partial charge in [-0.2, -0.15) is 5.10 Å². The van der Waals surface area contributed by atoms with Gasteiger partial charge in [0.25, 0.3) is 11.5 Å². The van der Waals surface area contributed by atoms with Crippen LogP contribution in [0.15, 0.2) is 70.7 Å². The molecule has 1 atom stereocenters. The summed E-state index contributed by atoms with van der Waals surface area (Å²) in [4.78, 5) is 32.5. The average molecular weight is 510 g/mol. The second-order valence-electron chi connectivity index (χ2n) is 8.94. The standard InChI is InChI=1S/C25H24FN5O4S/c1-36(35)20-8-6-19(7-9-20)31-22-21(14-28-31)24(33)30(16-27-22)15-25(34)10-12-29(13-11-25)23(32)17-2-4-18(26)5-3-17/h2-9,14,16,34H,10-13,15H2,1H3/t36-/m1/s1. The normalized spacial score (nSPS) is 16.2. The van der Waals surface area contributed by atoms with Crippen molar-refractivity contribution in [3.05, 3.63) is 82.8 Å². The van der Waals surface area contributed by atoms with Crippen molar-refractivity contribution in [1.82, 2.24) is 24.2 Å². The maximum absolute atomic E-state index is 13.2. The Kier molecular flexibility index (Phi) is 6.27. The Labute approximate surface area is 208 Å². The van der Waals surface area contributed by atoms with Crippen molar-refractivity contribution in [2.45, 2.75) is 29.9 Å². The number of likely N-dealkylation sites (tertiary alicyclic amines) is 1. The third-order valence-electron chi connectivity index (χ3n) is 6.50. The molecular formula is C25H24FN5O4S. The van der Waals surface area contributed by atoms with E-state index in [1.54, 1.807) is 35.4 Å². The highest BCUT2D eigenvalue weighted by Crippen LogP contribution is 2.25. The summed E-state index contributed by atoms with van der Waals surface area (Å²) in [7, 11) is -1.10. The minimum atomic E-state index is -1.18. The van der Waals surface area contributed by atoms with Gasteiger partial charge >= 0.3 is 0 Å². The minimum Gasteiger partial charge on any atom is -0.388 e. The van der Waals surface area contributed by atoms with Crippen LogP contribution in [-0.4, -0.2) is 64.4 Å². The summed E-state index contributed by atoms with van der Waals surface area (Å²) in [6.45, 7) is 0.663. The molecule has 1 N–H and O–H groups in total. The van der Waals surface area contributed by atoms with Crippen molar-refractivity contribution >= 4 is 27.7 Å². The number of aliphatic hydroxyl groups is 1. The first-order valence-corrected chi connectivity index (χ1v) is 12.9. The summed E-state index contributed by atoms with van der Waals surface area (Å²) in [6, 6.07) is 12.4. The van der Waals surface area contributed by atoms with Gasteiger partial charge in [-0.15, -0.1) is 0 Å². The lowest BCUT2D eigenvalue weighted by Gasteiger charge is -2.38. The first-order chi connectivity index (χ1) is 17.2. The van der Waals surface area contributed by atoms with Gasteiger partial charge < -0.3 is 10.0 Å².